The molecular formula is C26H22N2O5. The summed E-state index contributed by atoms with van der Waals surface area (Å²) in [6.45, 7) is 2.18. The molecule has 1 aliphatic heterocycles. The maximum atomic E-state index is 13.2. The standard InChI is InChI=1S/C26H22N2O5/c1-2-15-33-26(32)19-9-6-10-20(16-19)28-22(17-7-4-3-5-8-17)21(24(30)25(28)31)23(29)18-11-13-27-14-12-18/h3-14,16,22,29H,2,15H2,1H3/b23-21+. The van der Waals surface area contributed by atoms with Gasteiger partial charge in [0.05, 0.1) is 23.8 Å². The Morgan fingerprint density at radius 1 is 1.00 bits per heavy atom. The Morgan fingerprint density at radius 2 is 1.73 bits per heavy atom. The van der Waals surface area contributed by atoms with Gasteiger partial charge in [-0.2, -0.15) is 0 Å². The molecule has 0 saturated carbocycles. The molecule has 1 N–H and O–H groups in total. The summed E-state index contributed by atoms with van der Waals surface area (Å²) in [5.41, 5.74) is 1.61. The molecule has 0 bridgehead atoms. The lowest BCUT2D eigenvalue weighted by Crippen LogP contribution is -2.29. The van der Waals surface area contributed by atoms with Crippen molar-refractivity contribution in [3.8, 4) is 0 Å². The van der Waals surface area contributed by atoms with Gasteiger partial charge in [0.1, 0.15) is 5.76 Å². The first-order chi connectivity index (χ1) is 16.0. The summed E-state index contributed by atoms with van der Waals surface area (Å²) in [6.07, 6.45) is 3.67. The second-order valence-electron chi connectivity index (χ2n) is 7.50. The van der Waals surface area contributed by atoms with E-state index in [9.17, 15) is 19.5 Å². The number of aliphatic hydroxyl groups excluding tert-OH is 1. The van der Waals surface area contributed by atoms with Crippen LogP contribution in [0.25, 0.3) is 5.76 Å². The third kappa shape index (κ3) is 4.25. The van der Waals surface area contributed by atoms with Gasteiger partial charge in [-0.1, -0.05) is 43.3 Å². The highest BCUT2D eigenvalue weighted by Crippen LogP contribution is 2.42. The highest BCUT2D eigenvalue weighted by atomic mass is 16.5. The highest BCUT2D eigenvalue weighted by Gasteiger charge is 2.47. The summed E-state index contributed by atoms with van der Waals surface area (Å²) in [7, 11) is 0. The van der Waals surface area contributed by atoms with Crippen LogP contribution in [0.5, 0.6) is 0 Å². The van der Waals surface area contributed by atoms with Crippen LogP contribution >= 0.6 is 0 Å². The summed E-state index contributed by atoms with van der Waals surface area (Å²) >= 11 is 0. The lowest BCUT2D eigenvalue weighted by atomic mass is 9.95. The fourth-order valence-corrected chi connectivity index (χ4v) is 3.78. The smallest absolute Gasteiger partial charge is 0.338 e. The molecule has 7 heteroatoms. The average Bonchev–Trinajstić information content (AvgIpc) is 3.13. The van der Waals surface area contributed by atoms with Gasteiger partial charge in [0.15, 0.2) is 0 Å². The molecular weight excluding hydrogens is 420 g/mol. The van der Waals surface area contributed by atoms with Crippen LogP contribution in [0.3, 0.4) is 0 Å². The van der Waals surface area contributed by atoms with E-state index in [2.05, 4.69) is 4.98 Å². The molecule has 1 fully saturated rings. The maximum Gasteiger partial charge on any atom is 0.338 e. The van der Waals surface area contributed by atoms with Crippen LogP contribution in [0.1, 0.15) is 40.9 Å². The number of carbonyl (C=O) groups excluding carboxylic acids is 3. The molecule has 1 atom stereocenters. The number of ether oxygens (including phenoxy) is 1. The van der Waals surface area contributed by atoms with Gasteiger partial charge in [0, 0.05) is 23.6 Å². The van der Waals surface area contributed by atoms with Gasteiger partial charge in [-0.25, -0.2) is 4.79 Å². The number of ketones is 1. The number of hydrogen-bond donors (Lipinski definition) is 1. The van der Waals surface area contributed by atoms with Crippen molar-refractivity contribution in [1.29, 1.82) is 0 Å². The van der Waals surface area contributed by atoms with Crippen molar-refractivity contribution >= 4 is 29.1 Å². The van der Waals surface area contributed by atoms with E-state index in [1.165, 1.54) is 23.4 Å². The third-order valence-corrected chi connectivity index (χ3v) is 5.31. The van der Waals surface area contributed by atoms with Gasteiger partial charge in [-0.05, 0) is 42.3 Å². The Balaban J connectivity index is 1.85. The van der Waals surface area contributed by atoms with Crippen molar-refractivity contribution in [2.75, 3.05) is 11.5 Å². The topological polar surface area (TPSA) is 96.8 Å². The molecule has 7 nitrogen and oxygen atoms in total. The third-order valence-electron chi connectivity index (χ3n) is 5.31. The molecule has 1 aliphatic rings. The van der Waals surface area contributed by atoms with Crippen molar-refractivity contribution in [3.05, 3.63) is 101 Å². The fraction of sp³-hybridized carbons (Fsp3) is 0.154. The van der Waals surface area contributed by atoms with E-state index < -0.39 is 23.7 Å². The first kappa shape index (κ1) is 22.0. The van der Waals surface area contributed by atoms with Crippen molar-refractivity contribution in [2.45, 2.75) is 19.4 Å². The van der Waals surface area contributed by atoms with E-state index in [0.29, 0.717) is 23.2 Å². The molecule has 1 unspecified atom stereocenters. The predicted octanol–water partition coefficient (Wildman–Crippen LogP) is 4.27. The van der Waals surface area contributed by atoms with Crippen LogP contribution in [-0.2, 0) is 14.3 Å². The molecule has 1 saturated heterocycles. The molecule has 33 heavy (non-hydrogen) atoms. The van der Waals surface area contributed by atoms with Gasteiger partial charge >= 0.3 is 5.97 Å². The van der Waals surface area contributed by atoms with Crippen LogP contribution < -0.4 is 4.90 Å². The summed E-state index contributed by atoms with van der Waals surface area (Å²) < 4.78 is 5.21. The Hall–Kier alpha value is -4.26. The number of anilines is 1. The van der Waals surface area contributed by atoms with Gasteiger partial charge in [0.2, 0.25) is 0 Å². The van der Waals surface area contributed by atoms with E-state index >= 15 is 0 Å². The van der Waals surface area contributed by atoms with Crippen LogP contribution in [0, 0.1) is 0 Å². The number of benzene rings is 2. The van der Waals surface area contributed by atoms with E-state index in [4.69, 9.17) is 4.74 Å². The van der Waals surface area contributed by atoms with Gasteiger partial charge in [-0.15, -0.1) is 0 Å². The Morgan fingerprint density at radius 3 is 2.42 bits per heavy atom. The quantitative estimate of drug-likeness (QED) is 0.265. The fourth-order valence-electron chi connectivity index (χ4n) is 3.78. The van der Waals surface area contributed by atoms with E-state index in [-0.39, 0.29) is 23.5 Å². The SMILES string of the molecule is CCCOC(=O)c1cccc(N2C(=O)C(=O)/C(=C(/O)c3ccncc3)C2c2ccccc2)c1. The summed E-state index contributed by atoms with van der Waals surface area (Å²) in [5, 5.41) is 11.0. The number of carbonyl (C=O) groups is 3. The Labute approximate surface area is 191 Å². The number of esters is 1. The molecule has 0 spiro atoms. The van der Waals surface area contributed by atoms with Crippen molar-refractivity contribution in [3.63, 3.8) is 0 Å². The first-order valence-corrected chi connectivity index (χ1v) is 10.6. The van der Waals surface area contributed by atoms with E-state index in [1.54, 1.807) is 54.6 Å². The summed E-state index contributed by atoms with van der Waals surface area (Å²) in [6, 6.07) is 17.6. The van der Waals surface area contributed by atoms with Crippen LogP contribution in [0.4, 0.5) is 5.69 Å². The van der Waals surface area contributed by atoms with Crippen LogP contribution in [0.2, 0.25) is 0 Å². The normalized spacial score (nSPS) is 17.2. The lowest BCUT2D eigenvalue weighted by Gasteiger charge is -2.25. The zero-order chi connectivity index (χ0) is 23.4. The van der Waals surface area contributed by atoms with E-state index in [0.717, 1.165) is 0 Å². The zero-order valence-corrected chi connectivity index (χ0v) is 18.0. The number of aliphatic hydroxyl groups is 1. The number of pyridine rings is 1. The molecule has 3 aromatic rings. The van der Waals surface area contributed by atoms with Crippen LogP contribution in [0.15, 0.2) is 84.7 Å². The van der Waals surface area contributed by atoms with Gasteiger partial charge in [-0.3, -0.25) is 19.5 Å². The van der Waals surface area contributed by atoms with Crippen molar-refractivity contribution in [1.82, 2.24) is 4.98 Å². The minimum Gasteiger partial charge on any atom is -0.507 e. The molecule has 2 heterocycles. The number of Topliss-reactive ketones (excluding diaryl/α,β-unsaturated/α-hetero) is 1. The molecule has 1 aromatic heterocycles. The number of amides is 1. The number of aromatic nitrogens is 1. The minimum atomic E-state index is -0.874. The largest absolute Gasteiger partial charge is 0.507 e. The Kier molecular flexibility index (Phi) is 6.31. The average molecular weight is 442 g/mol. The highest BCUT2D eigenvalue weighted by molar-refractivity contribution is 6.51. The van der Waals surface area contributed by atoms with Crippen molar-refractivity contribution < 1.29 is 24.2 Å². The molecule has 2 aromatic carbocycles. The number of hydrogen-bond acceptors (Lipinski definition) is 6. The molecule has 166 valence electrons. The van der Waals surface area contributed by atoms with Gasteiger partial charge < -0.3 is 9.84 Å². The Bertz CT molecular complexity index is 1220. The number of rotatable bonds is 6. The number of nitrogens with zero attached hydrogens (tertiary/aromatic N) is 2. The van der Waals surface area contributed by atoms with Gasteiger partial charge in [0.25, 0.3) is 11.7 Å². The predicted molar refractivity (Wildman–Crippen MR) is 122 cm³/mol. The monoisotopic (exact) mass is 442 g/mol. The lowest BCUT2D eigenvalue weighted by molar-refractivity contribution is -0.132. The molecule has 1 amide bonds. The summed E-state index contributed by atoms with van der Waals surface area (Å²) in [5.74, 6) is -2.40. The molecule has 0 radical (unpaired) electrons. The second kappa shape index (κ2) is 9.48. The minimum absolute atomic E-state index is 0.0311. The van der Waals surface area contributed by atoms with Crippen LogP contribution in [-0.4, -0.2) is 34.4 Å². The maximum absolute atomic E-state index is 13.2. The molecule has 4 rings (SSSR count). The molecule has 0 aliphatic carbocycles. The first-order valence-electron chi connectivity index (χ1n) is 10.6. The second-order valence-corrected chi connectivity index (χ2v) is 7.50. The van der Waals surface area contributed by atoms with Crippen molar-refractivity contribution in [2.24, 2.45) is 0 Å². The van der Waals surface area contributed by atoms with E-state index in [1.807, 2.05) is 13.0 Å². The summed E-state index contributed by atoms with van der Waals surface area (Å²) in [4.78, 5) is 43.9. The zero-order valence-electron chi connectivity index (χ0n) is 18.0.